The van der Waals surface area contributed by atoms with E-state index in [1.807, 2.05) is 45.9 Å². The first-order valence-corrected chi connectivity index (χ1v) is 7.39. The summed E-state index contributed by atoms with van der Waals surface area (Å²) in [5.74, 6) is 0.0133. The molecule has 0 spiro atoms. The van der Waals surface area contributed by atoms with Crippen molar-refractivity contribution in [3.8, 4) is 0 Å². The van der Waals surface area contributed by atoms with Crippen molar-refractivity contribution in [3.63, 3.8) is 0 Å². The van der Waals surface area contributed by atoms with Gasteiger partial charge in [-0.15, -0.1) is 0 Å². The Labute approximate surface area is 124 Å². The van der Waals surface area contributed by atoms with Crippen molar-refractivity contribution in [1.82, 2.24) is 5.32 Å². The first-order valence-electron chi connectivity index (χ1n) is 6.60. The van der Waals surface area contributed by atoms with E-state index >= 15 is 0 Å². The highest BCUT2D eigenvalue weighted by atomic mass is 79.9. The van der Waals surface area contributed by atoms with Gasteiger partial charge in [-0.05, 0) is 67.7 Å². The van der Waals surface area contributed by atoms with Gasteiger partial charge in [-0.1, -0.05) is 13.0 Å². The van der Waals surface area contributed by atoms with E-state index < -0.39 is 0 Å². The molecule has 0 saturated carbocycles. The molecule has 1 unspecified atom stereocenters. The molecule has 1 aromatic carbocycles. The molecule has 0 fully saturated rings. The summed E-state index contributed by atoms with van der Waals surface area (Å²) in [7, 11) is 0. The predicted octanol–water partition coefficient (Wildman–Crippen LogP) is 3.86. The number of hydrogen-bond acceptors (Lipinski definition) is 2. The number of carbonyl (C=O) groups is 1. The van der Waals surface area contributed by atoms with Gasteiger partial charge in [0.25, 0.3) is 0 Å². The summed E-state index contributed by atoms with van der Waals surface area (Å²) < 4.78 is 0.974. The standard InChI is InChI=1S/C15H23BrN2O/c1-6-15(4,5)18-14(19)11(3)17-13-8-7-10(2)9-12(13)16/h7-9,11,17H,6H2,1-5H3,(H,18,19). The fourth-order valence-electron chi connectivity index (χ4n) is 1.57. The van der Waals surface area contributed by atoms with E-state index in [0.29, 0.717) is 0 Å². The lowest BCUT2D eigenvalue weighted by Crippen LogP contribution is -2.48. The molecule has 0 aliphatic rings. The zero-order valence-corrected chi connectivity index (χ0v) is 13.9. The number of aryl methyl sites for hydroxylation is 1. The van der Waals surface area contributed by atoms with Crippen molar-refractivity contribution in [2.75, 3.05) is 5.32 Å². The Morgan fingerprint density at radius 1 is 1.42 bits per heavy atom. The van der Waals surface area contributed by atoms with Crippen LogP contribution < -0.4 is 10.6 Å². The van der Waals surface area contributed by atoms with E-state index in [-0.39, 0.29) is 17.5 Å². The summed E-state index contributed by atoms with van der Waals surface area (Å²) >= 11 is 3.51. The molecule has 1 aromatic rings. The van der Waals surface area contributed by atoms with Crippen molar-refractivity contribution >= 4 is 27.5 Å². The number of hydrogen-bond donors (Lipinski definition) is 2. The monoisotopic (exact) mass is 326 g/mol. The van der Waals surface area contributed by atoms with Crippen molar-refractivity contribution in [2.45, 2.75) is 52.6 Å². The summed E-state index contributed by atoms with van der Waals surface area (Å²) in [6.45, 7) is 10.0. The summed E-state index contributed by atoms with van der Waals surface area (Å²) in [5.41, 5.74) is 1.95. The third kappa shape index (κ3) is 4.86. The second-order valence-electron chi connectivity index (χ2n) is 5.58. The maximum atomic E-state index is 12.1. The molecule has 0 aliphatic carbocycles. The molecule has 1 amide bonds. The molecule has 0 radical (unpaired) electrons. The average Bonchev–Trinajstić information content (AvgIpc) is 2.32. The predicted molar refractivity (Wildman–Crippen MR) is 84.5 cm³/mol. The number of anilines is 1. The van der Waals surface area contributed by atoms with E-state index in [1.54, 1.807) is 0 Å². The van der Waals surface area contributed by atoms with Crippen LogP contribution in [0.4, 0.5) is 5.69 Å². The normalized spacial score (nSPS) is 12.9. The maximum absolute atomic E-state index is 12.1. The van der Waals surface area contributed by atoms with E-state index in [1.165, 1.54) is 5.56 Å². The molecule has 0 heterocycles. The third-order valence-electron chi connectivity index (χ3n) is 3.24. The number of benzene rings is 1. The minimum absolute atomic E-state index is 0.0133. The van der Waals surface area contributed by atoms with Gasteiger partial charge < -0.3 is 10.6 Å². The SMILES string of the molecule is CCC(C)(C)NC(=O)C(C)Nc1ccc(C)cc1Br. The molecule has 0 saturated heterocycles. The van der Waals surface area contributed by atoms with Gasteiger partial charge in [-0.25, -0.2) is 0 Å². The molecular weight excluding hydrogens is 304 g/mol. The Balaban J connectivity index is 2.69. The quantitative estimate of drug-likeness (QED) is 0.862. The number of nitrogens with one attached hydrogen (secondary N) is 2. The van der Waals surface area contributed by atoms with Gasteiger partial charge in [0.1, 0.15) is 6.04 Å². The second-order valence-corrected chi connectivity index (χ2v) is 6.43. The topological polar surface area (TPSA) is 41.1 Å². The van der Waals surface area contributed by atoms with Crippen LogP contribution in [0.15, 0.2) is 22.7 Å². The third-order valence-corrected chi connectivity index (χ3v) is 3.89. The molecular formula is C15H23BrN2O. The van der Waals surface area contributed by atoms with Crippen LogP contribution in [-0.4, -0.2) is 17.5 Å². The Hall–Kier alpha value is -1.03. The highest BCUT2D eigenvalue weighted by molar-refractivity contribution is 9.10. The van der Waals surface area contributed by atoms with Crippen LogP contribution in [0.1, 0.15) is 39.7 Å². The smallest absolute Gasteiger partial charge is 0.242 e. The van der Waals surface area contributed by atoms with Gasteiger partial charge in [0, 0.05) is 15.7 Å². The van der Waals surface area contributed by atoms with Crippen molar-refractivity contribution < 1.29 is 4.79 Å². The van der Waals surface area contributed by atoms with Gasteiger partial charge in [-0.3, -0.25) is 4.79 Å². The van der Waals surface area contributed by atoms with Crippen LogP contribution in [0.25, 0.3) is 0 Å². The molecule has 0 bridgehead atoms. The molecule has 4 heteroatoms. The summed E-state index contributed by atoms with van der Waals surface area (Å²) in [6, 6.07) is 5.76. The lowest BCUT2D eigenvalue weighted by Gasteiger charge is -2.27. The van der Waals surface area contributed by atoms with Crippen LogP contribution in [0.2, 0.25) is 0 Å². The highest BCUT2D eigenvalue weighted by Gasteiger charge is 2.21. The molecule has 1 rings (SSSR count). The van der Waals surface area contributed by atoms with Gasteiger partial charge in [-0.2, -0.15) is 0 Å². The molecule has 3 nitrogen and oxygen atoms in total. The molecule has 2 N–H and O–H groups in total. The average molecular weight is 327 g/mol. The van der Waals surface area contributed by atoms with Gasteiger partial charge in [0.15, 0.2) is 0 Å². The number of amides is 1. The van der Waals surface area contributed by atoms with Crippen LogP contribution in [0, 0.1) is 6.92 Å². The lowest BCUT2D eigenvalue weighted by atomic mass is 10.0. The summed E-state index contributed by atoms with van der Waals surface area (Å²) in [5, 5.41) is 6.26. The minimum Gasteiger partial charge on any atom is -0.373 e. The van der Waals surface area contributed by atoms with Crippen LogP contribution in [-0.2, 0) is 4.79 Å². The molecule has 0 aliphatic heterocycles. The number of halogens is 1. The fourth-order valence-corrected chi connectivity index (χ4v) is 2.17. The van der Waals surface area contributed by atoms with Crippen LogP contribution in [0.3, 0.4) is 0 Å². The zero-order chi connectivity index (χ0) is 14.6. The van der Waals surface area contributed by atoms with Crippen molar-refractivity contribution in [3.05, 3.63) is 28.2 Å². The molecule has 19 heavy (non-hydrogen) atoms. The first kappa shape index (κ1) is 16.0. The highest BCUT2D eigenvalue weighted by Crippen LogP contribution is 2.24. The maximum Gasteiger partial charge on any atom is 0.242 e. The van der Waals surface area contributed by atoms with Gasteiger partial charge in [0.05, 0.1) is 0 Å². The molecule has 106 valence electrons. The van der Waals surface area contributed by atoms with E-state index in [4.69, 9.17) is 0 Å². The summed E-state index contributed by atoms with van der Waals surface area (Å²) in [6.07, 6.45) is 0.902. The van der Waals surface area contributed by atoms with Gasteiger partial charge >= 0.3 is 0 Å². The van der Waals surface area contributed by atoms with E-state index in [2.05, 4.69) is 33.5 Å². The van der Waals surface area contributed by atoms with E-state index in [0.717, 1.165) is 16.6 Å². The van der Waals surface area contributed by atoms with Crippen LogP contribution >= 0.6 is 15.9 Å². The lowest BCUT2D eigenvalue weighted by molar-refractivity contribution is -0.123. The van der Waals surface area contributed by atoms with E-state index in [9.17, 15) is 4.79 Å². The Morgan fingerprint density at radius 3 is 2.58 bits per heavy atom. The van der Waals surface area contributed by atoms with Crippen molar-refractivity contribution in [2.24, 2.45) is 0 Å². The Morgan fingerprint density at radius 2 is 2.05 bits per heavy atom. The minimum atomic E-state index is -0.273. The number of rotatable bonds is 5. The van der Waals surface area contributed by atoms with Gasteiger partial charge in [0.2, 0.25) is 5.91 Å². The largest absolute Gasteiger partial charge is 0.373 e. The second kappa shape index (κ2) is 6.42. The Bertz CT molecular complexity index is 457. The van der Waals surface area contributed by atoms with Crippen molar-refractivity contribution in [1.29, 1.82) is 0 Å². The van der Waals surface area contributed by atoms with Crippen LogP contribution in [0.5, 0.6) is 0 Å². The summed E-state index contributed by atoms with van der Waals surface area (Å²) in [4.78, 5) is 12.1. The molecule has 0 aromatic heterocycles. The Kier molecular flexibility index (Phi) is 5.41. The first-order chi connectivity index (χ1) is 8.75. The number of carbonyl (C=O) groups excluding carboxylic acids is 1. The fraction of sp³-hybridized carbons (Fsp3) is 0.533. The molecule has 1 atom stereocenters. The zero-order valence-electron chi connectivity index (χ0n) is 12.3.